The number of carbonyl (C=O) groups is 1. The minimum atomic E-state index is -1.08. The third-order valence-electron chi connectivity index (χ3n) is 1.36. The minimum absolute atomic E-state index is 0.000370. The van der Waals surface area contributed by atoms with Gasteiger partial charge in [-0.15, -0.1) is 0 Å². The largest absolute Gasteiger partial charge is 0.429 e. The summed E-state index contributed by atoms with van der Waals surface area (Å²) in [6.45, 7) is 0. The summed E-state index contributed by atoms with van der Waals surface area (Å²) in [6.07, 6.45) is 0. The van der Waals surface area contributed by atoms with Gasteiger partial charge in [0.05, 0.1) is 0 Å². The van der Waals surface area contributed by atoms with Crippen molar-refractivity contribution < 1.29 is 9.63 Å². The van der Waals surface area contributed by atoms with Crippen molar-refractivity contribution in [2.45, 2.75) is 0 Å². The summed E-state index contributed by atoms with van der Waals surface area (Å²) in [5.41, 5.74) is -0.513. The van der Waals surface area contributed by atoms with E-state index in [-0.39, 0.29) is 5.71 Å². The molecule has 0 heterocycles. The molecule has 0 bridgehead atoms. The Labute approximate surface area is 85.3 Å². The van der Waals surface area contributed by atoms with Gasteiger partial charge in [-0.2, -0.15) is 5.26 Å². The molecular formula is C9H5ClN2O2. The molecule has 0 spiro atoms. The molecule has 1 aromatic carbocycles. The van der Waals surface area contributed by atoms with Crippen LogP contribution in [0.4, 0.5) is 4.79 Å². The molecule has 0 fully saturated rings. The Kier molecular flexibility index (Phi) is 3.65. The van der Waals surface area contributed by atoms with Gasteiger partial charge in [-0.25, -0.2) is 4.79 Å². The third-order valence-corrected chi connectivity index (χ3v) is 1.43. The van der Waals surface area contributed by atoms with Crippen LogP contribution in [0.25, 0.3) is 0 Å². The highest BCUT2D eigenvalue weighted by Gasteiger charge is 2.03. The van der Waals surface area contributed by atoms with Gasteiger partial charge in [0.2, 0.25) is 0 Å². The van der Waals surface area contributed by atoms with Crippen LogP contribution in [-0.2, 0) is 4.84 Å². The van der Waals surface area contributed by atoms with Crippen LogP contribution in [0.15, 0.2) is 35.5 Å². The standard InChI is InChI=1S/C9H5ClN2O2/c10-9(13)14-12-8(6-11)7-4-2-1-3-5-7/h1-5H/b12-8+. The summed E-state index contributed by atoms with van der Waals surface area (Å²) in [5.74, 6) is 0. The predicted molar refractivity (Wildman–Crippen MR) is 50.9 cm³/mol. The Bertz CT molecular complexity index is 395. The fourth-order valence-corrected chi connectivity index (χ4v) is 0.850. The first-order valence-corrected chi connectivity index (χ1v) is 4.02. The van der Waals surface area contributed by atoms with Crippen LogP contribution >= 0.6 is 11.6 Å². The molecule has 14 heavy (non-hydrogen) atoms. The maximum Gasteiger partial charge on any atom is 0.429 e. The molecule has 0 aliphatic heterocycles. The lowest BCUT2D eigenvalue weighted by atomic mass is 10.1. The molecule has 0 radical (unpaired) electrons. The third kappa shape index (κ3) is 2.88. The Morgan fingerprint density at radius 2 is 2.07 bits per heavy atom. The van der Waals surface area contributed by atoms with E-state index in [0.717, 1.165) is 0 Å². The molecule has 70 valence electrons. The average Bonchev–Trinajstić information content (AvgIpc) is 2.20. The van der Waals surface area contributed by atoms with Crippen molar-refractivity contribution in [2.75, 3.05) is 0 Å². The van der Waals surface area contributed by atoms with Crippen molar-refractivity contribution in [3.63, 3.8) is 0 Å². The van der Waals surface area contributed by atoms with Crippen molar-refractivity contribution >= 4 is 22.7 Å². The second-order valence-electron chi connectivity index (χ2n) is 2.25. The van der Waals surface area contributed by atoms with E-state index in [0.29, 0.717) is 5.56 Å². The molecule has 0 amide bonds. The topological polar surface area (TPSA) is 62.4 Å². The maximum absolute atomic E-state index is 10.2. The smallest absolute Gasteiger partial charge is 0.301 e. The van der Waals surface area contributed by atoms with Gasteiger partial charge in [0.15, 0.2) is 5.71 Å². The highest BCUT2D eigenvalue weighted by Crippen LogP contribution is 2.01. The van der Waals surface area contributed by atoms with Gasteiger partial charge in [0, 0.05) is 17.2 Å². The maximum atomic E-state index is 10.2. The number of hydrogen-bond donors (Lipinski definition) is 0. The van der Waals surface area contributed by atoms with Crippen LogP contribution in [0.2, 0.25) is 0 Å². The Balaban J connectivity index is 2.89. The molecule has 0 saturated carbocycles. The van der Waals surface area contributed by atoms with Crippen LogP contribution in [-0.4, -0.2) is 11.1 Å². The number of carbonyl (C=O) groups excluding carboxylic acids is 1. The van der Waals surface area contributed by atoms with Gasteiger partial charge in [0.25, 0.3) is 0 Å². The zero-order valence-electron chi connectivity index (χ0n) is 6.98. The summed E-state index contributed by atoms with van der Waals surface area (Å²) < 4.78 is 0. The summed E-state index contributed by atoms with van der Waals surface area (Å²) in [6, 6.07) is 10.4. The summed E-state index contributed by atoms with van der Waals surface area (Å²) in [5, 5.41) is 12.0. The van der Waals surface area contributed by atoms with Gasteiger partial charge < -0.3 is 4.84 Å². The van der Waals surface area contributed by atoms with Gasteiger partial charge in [0.1, 0.15) is 6.07 Å². The van der Waals surface area contributed by atoms with Crippen molar-refractivity contribution in [1.29, 1.82) is 5.26 Å². The van der Waals surface area contributed by atoms with Gasteiger partial charge in [-0.1, -0.05) is 35.5 Å². The van der Waals surface area contributed by atoms with Gasteiger partial charge in [-0.3, -0.25) is 0 Å². The molecule has 0 saturated heterocycles. The zero-order chi connectivity index (χ0) is 10.4. The van der Waals surface area contributed by atoms with Crippen LogP contribution < -0.4 is 0 Å². The number of benzene rings is 1. The molecule has 0 aliphatic carbocycles. The van der Waals surface area contributed by atoms with Crippen molar-refractivity contribution in [2.24, 2.45) is 5.16 Å². The predicted octanol–water partition coefficient (Wildman–Crippen LogP) is 2.29. The molecule has 1 aromatic rings. The van der Waals surface area contributed by atoms with Crippen molar-refractivity contribution in [3.05, 3.63) is 35.9 Å². The van der Waals surface area contributed by atoms with Crippen LogP contribution in [0.1, 0.15) is 5.56 Å². The highest BCUT2D eigenvalue weighted by molar-refractivity contribution is 6.61. The summed E-state index contributed by atoms with van der Waals surface area (Å²) in [7, 11) is 0. The van der Waals surface area contributed by atoms with E-state index < -0.39 is 5.43 Å². The second kappa shape index (κ2) is 5.00. The first kappa shape index (κ1) is 10.2. The fraction of sp³-hybridized carbons (Fsp3) is 0. The molecule has 0 N–H and O–H groups in total. The average molecular weight is 209 g/mol. The van der Waals surface area contributed by atoms with Crippen molar-refractivity contribution in [3.8, 4) is 6.07 Å². The van der Waals surface area contributed by atoms with Crippen LogP contribution in [0.3, 0.4) is 0 Å². The zero-order valence-corrected chi connectivity index (χ0v) is 7.73. The number of hydrogen-bond acceptors (Lipinski definition) is 4. The monoisotopic (exact) mass is 208 g/mol. The van der Waals surface area contributed by atoms with Crippen LogP contribution in [0.5, 0.6) is 0 Å². The van der Waals surface area contributed by atoms with E-state index in [4.69, 9.17) is 16.9 Å². The van der Waals surface area contributed by atoms with E-state index >= 15 is 0 Å². The first-order chi connectivity index (χ1) is 6.74. The van der Waals surface area contributed by atoms with Gasteiger partial charge in [-0.05, 0) is 0 Å². The van der Waals surface area contributed by atoms with E-state index in [1.165, 1.54) is 0 Å². The molecule has 0 aromatic heterocycles. The minimum Gasteiger partial charge on any atom is -0.301 e. The molecule has 4 nitrogen and oxygen atoms in total. The fourth-order valence-electron chi connectivity index (χ4n) is 0.815. The molecule has 0 aliphatic rings. The quantitative estimate of drug-likeness (QED) is 0.324. The van der Waals surface area contributed by atoms with Gasteiger partial charge >= 0.3 is 5.43 Å². The van der Waals surface area contributed by atoms with E-state index in [2.05, 4.69) is 9.99 Å². The highest BCUT2D eigenvalue weighted by atomic mass is 35.5. The number of nitriles is 1. The Morgan fingerprint density at radius 3 is 2.57 bits per heavy atom. The molecule has 0 unspecified atom stereocenters. The molecule has 5 heteroatoms. The lowest BCUT2D eigenvalue weighted by molar-refractivity contribution is 0.179. The summed E-state index contributed by atoms with van der Waals surface area (Å²) in [4.78, 5) is 14.4. The number of halogens is 1. The van der Waals surface area contributed by atoms with E-state index in [9.17, 15) is 4.79 Å². The van der Waals surface area contributed by atoms with E-state index in [1.807, 2.05) is 0 Å². The van der Waals surface area contributed by atoms with Crippen LogP contribution in [0, 0.1) is 11.3 Å². The number of oxime groups is 1. The normalized spacial score (nSPS) is 10.4. The SMILES string of the molecule is N#C/C(=N\OC(=O)Cl)c1ccccc1. The first-order valence-electron chi connectivity index (χ1n) is 3.64. The Hall–Kier alpha value is -1.86. The number of nitrogens with zero attached hydrogens (tertiary/aromatic N) is 2. The molecular weight excluding hydrogens is 204 g/mol. The summed E-state index contributed by atoms with van der Waals surface area (Å²) >= 11 is 4.89. The second-order valence-corrected chi connectivity index (χ2v) is 2.56. The lowest BCUT2D eigenvalue weighted by Gasteiger charge is -1.95. The number of rotatable bonds is 2. The van der Waals surface area contributed by atoms with E-state index in [1.54, 1.807) is 36.4 Å². The Morgan fingerprint density at radius 1 is 1.43 bits per heavy atom. The lowest BCUT2D eigenvalue weighted by Crippen LogP contribution is -1.99. The molecule has 0 atom stereocenters. The van der Waals surface area contributed by atoms with Crippen molar-refractivity contribution in [1.82, 2.24) is 0 Å². The molecule has 1 rings (SSSR count).